The molecule has 2 unspecified atom stereocenters. The van der Waals surface area contributed by atoms with E-state index < -0.39 is 5.60 Å². The van der Waals surface area contributed by atoms with Crippen molar-refractivity contribution in [2.45, 2.75) is 51.9 Å². The van der Waals surface area contributed by atoms with Crippen LogP contribution in [0.15, 0.2) is 79.3 Å². The van der Waals surface area contributed by atoms with Crippen molar-refractivity contribution in [3.05, 3.63) is 90.5 Å². The molecule has 0 spiro atoms. The largest absolute Gasteiger partial charge is 0.384 e. The Morgan fingerprint density at radius 3 is 2.22 bits per heavy atom. The van der Waals surface area contributed by atoms with Crippen molar-refractivity contribution >= 4 is 0 Å². The quantitative estimate of drug-likeness (QED) is 0.381. The van der Waals surface area contributed by atoms with Crippen molar-refractivity contribution in [3.63, 3.8) is 0 Å². The van der Waals surface area contributed by atoms with E-state index in [4.69, 9.17) is 4.98 Å². The van der Waals surface area contributed by atoms with Crippen LogP contribution in [0.25, 0.3) is 33.6 Å². The molecule has 1 aliphatic rings. The molecule has 6 heteroatoms. The van der Waals surface area contributed by atoms with Crippen LogP contribution in [0.1, 0.15) is 39.0 Å². The monoisotopic (exact) mass is 493 g/mol. The standard InChI is InChI=1S/C31H35N5O/c1-21-18-36(19-22(2)34-21)20-23-8-10-24(11-9-23)26-13-27(17-32-16-26)25-14-29(28-7-5-6-12-33-28)35-30(15-25)31(3,4)37/h5-17,21-22,34,37H,18-20H2,1-4H3. The highest BCUT2D eigenvalue weighted by Crippen LogP contribution is 2.31. The normalized spacial score (nSPS) is 18.6. The predicted molar refractivity (Wildman–Crippen MR) is 149 cm³/mol. The van der Waals surface area contributed by atoms with Gasteiger partial charge in [-0.05, 0) is 74.7 Å². The van der Waals surface area contributed by atoms with Gasteiger partial charge in [0.1, 0.15) is 5.60 Å². The minimum atomic E-state index is -1.08. The number of nitrogens with one attached hydrogen (secondary N) is 1. The Morgan fingerprint density at radius 1 is 0.865 bits per heavy atom. The zero-order chi connectivity index (χ0) is 26.0. The Labute approximate surface area is 219 Å². The van der Waals surface area contributed by atoms with E-state index in [2.05, 4.69) is 64.4 Å². The molecule has 1 aliphatic heterocycles. The van der Waals surface area contributed by atoms with E-state index in [0.29, 0.717) is 17.8 Å². The highest BCUT2D eigenvalue weighted by atomic mass is 16.3. The van der Waals surface area contributed by atoms with Crippen LogP contribution in [-0.2, 0) is 12.1 Å². The van der Waals surface area contributed by atoms with E-state index in [1.165, 1.54) is 5.56 Å². The van der Waals surface area contributed by atoms with Gasteiger partial charge in [0.05, 0.1) is 17.1 Å². The molecule has 0 radical (unpaired) electrons. The molecular formula is C31H35N5O. The molecule has 2 N–H and O–H groups in total. The number of hydrogen-bond donors (Lipinski definition) is 2. The first-order valence-corrected chi connectivity index (χ1v) is 12.9. The molecule has 0 saturated carbocycles. The average molecular weight is 494 g/mol. The maximum atomic E-state index is 10.7. The molecular weight excluding hydrogens is 458 g/mol. The smallest absolute Gasteiger partial charge is 0.101 e. The van der Waals surface area contributed by atoms with Gasteiger partial charge in [-0.15, -0.1) is 0 Å². The van der Waals surface area contributed by atoms with Crippen molar-refractivity contribution in [3.8, 4) is 33.6 Å². The maximum absolute atomic E-state index is 10.7. The summed E-state index contributed by atoms with van der Waals surface area (Å²) in [6.45, 7) is 11.1. The van der Waals surface area contributed by atoms with E-state index in [-0.39, 0.29) is 0 Å². The van der Waals surface area contributed by atoms with Crippen molar-refractivity contribution in [2.75, 3.05) is 13.1 Å². The molecule has 1 fully saturated rings. The Kier molecular flexibility index (Phi) is 7.15. The molecule has 5 rings (SSSR count). The fourth-order valence-corrected chi connectivity index (χ4v) is 5.04. The van der Waals surface area contributed by atoms with E-state index >= 15 is 0 Å². The summed E-state index contributed by atoms with van der Waals surface area (Å²) in [5.74, 6) is 0. The van der Waals surface area contributed by atoms with Gasteiger partial charge in [0.15, 0.2) is 0 Å². The van der Waals surface area contributed by atoms with Crippen LogP contribution >= 0.6 is 0 Å². The number of aliphatic hydroxyl groups is 1. The summed E-state index contributed by atoms with van der Waals surface area (Å²) in [7, 11) is 0. The second-order valence-corrected chi connectivity index (χ2v) is 10.7. The molecule has 1 aromatic carbocycles. The Bertz CT molecular complexity index is 1340. The second-order valence-electron chi connectivity index (χ2n) is 10.7. The molecule has 6 nitrogen and oxygen atoms in total. The van der Waals surface area contributed by atoms with Crippen LogP contribution in [0, 0.1) is 0 Å². The number of aromatic nitrogens is 3. The van der Waals surface area contributed by atoms with Gasteiger partial charge >= 0.3 is 0 Å². The lowest BCUT2D eigenvalue weighted by Crippen LogP contribution is -2.53. The zero-order valence-electron chi connectivity index (χ0n) is 22.0. The summed E-state index contributed by atoms with van der Waals surface area (Å²) in [4.78, 5) is 16.2. The third-order valence-corrected chi connectivity index (χ3v) is 6.78. The van der Waals surface area contributed by atoms with Gasteiger partial charge in [0.2, 0.25) is 0 Å². The number of nitrogens with zero attached hydrogens (tertiary/aromatic N) is 4. The lowest BCUT2D eigenvalue weighted by Gasteiger charge is -2.36. The summed E-state index contributed by atoms with van der Waals surface area (Å²) >= 11 is 0. The number of hydrogen-bond acceptors (Lipinski definition) is 6. The van der Waals surface area contributed by atoms with Crippen LogP contribution in [0.3, 0.4) is 0 Å². The summed E-state index contributed by atoms with van der Waals surface area (Å²) in [6.07, 6.45) is 5.51. The van der Waals surface area contributed by atoms with Crippen LogP contribution in [0.5, 0.6) is 0 Å². The van der Waals surface area contributed by atoms with Crippen LogP contribution < -0.4 is 5.32 Å². The van der Waals surface area contributed by atoms with Gasteiger partial charge in [0, 0.05) is 61.4 Å². The van der Waals surface area contributed by atoms with Crippen molar-refractivity contribution in [2.24, 2.45) is 0 Å². The Morgan fingerprint density at radius 2 is 1.57 bits per heavy atom. The van der Waals surface area contributed by atoms with E-state index in [0.717, 1.165) is 53.3 Å². The SMILES string of the molecule is CC1CN(Cc2ccc(-c3cncc(-c4cc(-c5ccccn5)nc(C(C)(C)O)c4)c3)cc2)CC(C)N1. The fraction of sp³-hybridized carbons (Fsp3) is 0.323. The van der Waals surface area contributed by atoms with Gasteiger partial charge in [-0.1, -0.05) is 30.3 Å². The predicted octanol–water partition coefficient (Wildman–Crippen LogP) is 5.28. The molecule has 4 heterocycles. The highest BCUT2D eigenvalue weighted by molar-refractivity contribution is 5.74. The van der Waals surface area contributed by atoms with Crippen molar-refractivity contribution in [1.29, 1.82) is 0 Å². The third kappa shape index (κ3) is 6.10. The first-order valence-electron chi connectivity index (χ1n) is 12.9. The van der Waals surface area contributed by atoms with E-state index in [1.54, 1.807) is 20.0 Å². The molecule has 2 atom stereocenters. The van der Waals surface area contributed by atoms with E-state index in [9.17, 15) is 5.11 Å². The summed E-state index contributed by atoms with van der Waals surface area (Å²) in [6, 6.07) is 21.7. The maximum Gasteiger partial charge on any atom is 0.101 e. The summed E-state index contributed by atoms with van der Waals surface area (Å²) in [5.41, 5.74) is 6.41. The molecule has 37 heavy (non-hydrogen) atoms. The minimum Gasteiger partial charge on any atom is -0.384 e. The van der Waals surface area contributed by atoms with Crippen molar-refractivity contribution < 1.29 is 5.11 Å². The van der Waals surface area contributed by atoms with Crippen molar-refractivity contribution in [1.82, 2.24) is 25.2 Å². The fourth-order valence-electron chi connectivity index (χ4n) is 5.04. The molecule has 0 aliphatic carbocycles. The average Bonchev–Trinajstić information content (AvgIpc) is 2.88. The van der Waals surface area contributed by atoms with Crippen LogP contribution in [0.4, 0.5) is 0 Å². The first kappa shape index (κ1) is 25.2. The number of piperazine rings is 1. The Balaban J connectivity index is 1.42. The second kappa shape index (κ2) is 10.5. The minimum absolute atomic E-state index is 0.514. The number of pyridine rings is 3. The van der Waals surface area contributed by atoms with Gasteiger partial charge in [-0.3, -0.25) is 14.9 Å². The molecule has 190 valence electrons. The molecule has 0 bridgehead atoms. The summed E-state index contributed by atoms with van der Waals surface area (Å²) < 4.78 is 0. The van der Waals surface area contributed by atoms with Crippen LogP contribution in [0.2, 0.25) is 0 Å². The Hall–Kier alpha value is -3.45. The highest BCUT2D eigenvalue weighted by Gasteiger charge is 2.22. The zero-order valence-corrected chi connectivity index (χ0v) is 22.0. The molecule has 4 aromatic rings. The topological polar surface area (TPSA) is 74.2 Å². The third-order valence-electron chi connectivity index (χ3n) is 6.78. The van der Waals surface area contributed by atoms with E-state index in [1.807, 2.05) is 42.7 Å². The van der Waals surface area contributed by atoms with Crippen LogP contribution in [-0.4, -0.2) is 50.1 Å². The first-order chi connectivity index (χ1) is 17.7. The lowest BCUT2D eigenvalue weighted by atomic mass is 9.97. The number of benzene rings is 1. The number of rotatable bonds is 6. The van der Waals surface area contributed by atoms with Gasteiger partial charge < -0.3 is 10.4 Å². The van der Waals surface area contributed by atoms with Gasteiger partial charge in [0.25, 0.3) is 0 Å². The van der Waals surface area contributed by atoms with Gasteiger partial charge in [-0.25, -0.2) is 4.98 Å². The lowest BCUT2D eigenvalue weighted by molar-refractivity contribution is 0.0740. The van der Waals surface area contributed by atoms with Gasteiger partial charge in [-0.2, -0.15) is 0 Å². The summed E-state index contributed by atoms with van der Waals surface area (Å²) in [5, 5.41) is 14.3. The molecule has 0 amide bonds. The molecule has 3 aromatic heterocycles. The molecule has 1 saturated heterocycles.